The van der Waals surface area contributed by atoms with E-state index < -0.39 is 0 Å². The van der Waals surface area contributed by atoms with E-state index in [0.29, 0.717) is 23.5 Å². The average molecular weight is 414 g/mol. The summed E-state index contributed by atoms with van der Waals surface area (Å²) in [6.45, 7) is 11.0. The third-order valence-corrected chi connectivity index (χ3v) is 8.99. The van der Waals surface area contributed by atoms with E-state index in [9.17, 15) is 4.79 Å². The summed E-state index contributed by atoms with van der Waals surface area (Å²) >= 11 is 0. The zero-order valence-corrected chi connectivity index (χ0v) is 19.7. The molecule has 3 aliphatic rings. The Balaban J connectivity index is 1.45. The minimum absolute atomic E-state index is 0.200. The van der Waals surface area contributed by atoms with Gasteiger partial charge in [-0.25, -0.2) is 4.79 Å². The molecule has 4 rings (SSSR count). The molecule has 0 amide bonds. The van der Waals surface area contributed by atoms with Crippen LogP contribution in [-0.2, 0) is 4.74 Å². The van der Waals surface area contributed by atoms with Crippen molar-refractivity contribution in [2.45, 2.75) is 65.4 Å². The zero-order valence-electron chi connectivity index (χ0n) is 19.7. The number of carbonyl (C=O) groups is 1. The van der Waals surface area contributed by atoms with Gasteiger partial charge >= 0.3 is 5.97 Å². The molecule has 1 aromatic carbocycles. The predicted molar refractivity (Wildman–Crippen MR) is 120 cm³/mol. The Morgan fingerprint density at radius 2 is 1.77 bits per heavy atom. The lowest BCUT2D eigenvalue weighted by Crippen LogP contribution is -2.47. The lowest BCUT2D eigenvalue weighted by molar-refractivity contribution is -0.0882. The number of likely N-dealkylation sites (N-methyl/N-ethyl adjacent to an activating group) is 1. The van der Waals surface area contributed by atoms with Crippen LogP contribution in [0, 0.1) is 28.6 Å². The Morgan fingerprint density at radius 1 is 1.07 bits per heavy atom. The minimum Gasteiger partial charge on any atom is -0.492 e. The van der Waals surface area contributed by atoms with E-state index in [1.807, 2.05) is 38.4 Å². The van der Waals surface area contributed by atoms with Gasteiger partial charge in [-0.3, -0.25) is 0 Å². The first-order valence-corrected chi connectivity index (χ1v) is 11.7. The van der Waals surface area contributed by atoms with Gasteiger partial charge in [0.05, 0.1) is 5.56 Å². The first-order chi connectivity index (χ1) is 14.1. The highest BCUT2D eigenvalue weighted by atomic mass is 16.6. The number of nitrogens with zero attached hydrogens (tertiary/aromatic N) is 1. The quantitative estimate of drug-likeness (QED) is 0.584. The number of hydrogen-bond donors (Lipinski definition) is 0. The first kappa shape index (κ1) is 21.7. The molecule has 0 unspecified atom stereocenters. The van der Waals surface area contributed by atoms with Crippen LogP contribution in [0.5, 0.6) is 5.75 Å². The molecule has 0 aliphatic heterocycles. The summed E-state index contributed by atoms with van der Waals surface area (Å²) in [5, 5.41) is 0. The molecule has 4 nitrogen and oxygen atoms in total. The van der Waals surface area contributed by atoms with Crippen LogP contribution >= 0.6 is 0 Å². The Hall–Kier alpha value is -1.55. The number of carbonyl (C=O) groups excluding carboxylic acids is 1. The molecule has 0 radical (unpaired) electrons. The number of rotatable bonds is 6. The van der Waals surface area contributed by atoms with Crippen molar-refractivity contribution in [3.05, 3.63) is 29.8 Å². The maximum atomic E-state index is 13.1. The molecule has 4 heteroatoms. The lowest BCUT2D eigenvalue weighted by Gasteiger charge is -2.46. The Kier molecular flexibility index (Phi) is 5.45. The Morgan fingerprint density at radius 3 is 2.43 bits per heavy atom. The van der Waals surface area contributed by atoms with Gasteiger partial charge in [0.25, 0.3) is 0 Å². The normalized spacial score (nSPS) is 36.6. The highest BCUT2D eigenvalue weighted by molar-refractivity contribution is 5.89. The SMILES string of the molecule is C[C@@H]1CC[C@H]2C(C)(C)[C@H]3C[C@@]12CC[C@@]3(C)OC(=O)c1ccc(OCCN(C)C)cc1. The van der Waals surface area contributed by atoms with Gasteiger partial charge < -0.3 is 14.4 Å². The topological polar surface area (TPSA) is 38.8 Å². The number of esters is 1. The summed E-state index contributed by atoms with van der Waals surface area (Å²) < 4.78 is 12.0. The fourth-order valence-corrected chi connectivity index (χ4v) is 7.28. The Labute approximate surface area is 182 Å². The summed E-state index contributed by atoms with van der Waals surface area (Å²) in [6, 6.07) is 7.40. The van der Waals surface area contributed by atoms with Crippen molar-refractivity contribution in [1.29, 1.82) is 0 Å². The van der Waals surface area contributed by atoms with Crippen LogP contribution in [0.25, 0.3) is 0 Å². The van der Waals surface area contributed by atoms with Gasteiger partial charge in [0.1, 0.15) is 18.0 Å². The van der Waals surface area contributed by atoms with Crippen molar-refractivity contribution in [2.75, 3.05) is 27.2 Å². The predicted octanol–water partition coefficient (Wildman–Crippen LogP) is 5.41. The van der Waals surface area contributed by atoms with E-state index in [1.165, 1.54) is 25.7 Å². The van der Waals surface area contributed by atoms with Gasteiger partial charge in [-0.15, -0.1) is 0 Å². The van der Waals surface area contributed by atoms with Gasteiger partial charge in [0, 0.05) is 12.5 Å². The monoisotopic (exact) mass is 413 g/mol. The first-order valence-electron chi connectivity index (χ1n) is 11.7. The molecule has 1 spiro atoms. The van der Waals surface area contributed by atoms with Crippen LogP contribution < -0.4 is 4.74 Å². The van der Waals surface area contributed by atoms with Gasteiger partial charge in [0.15, 0.2) is 0 Å². The van der Waals surface area contributed by atoms with Crippen LogP contribution in [0.1, 0.15) is 70.2 Å². The van der Waals surface area contributed by atoms with Crippen LogP contribution in [0.4, 0.5) is 0 Å². The molecular weight excluding hydrogens is 374 g/mol. The highest BCUT2D eigenvalue weighted by Gasteiger charge is 2.68. The van der Waals surface area contributed by atoms with Gasteiger partial charge in [-0.05, 0) is 100 Å². The third kappa shape index (κ3) is 3.45. The molecular formula is C26H39NO3. The van der Waals surface area contributed by atoms with Crippen molar-refractivity contribution in [3.63, 3.8) is 0 Å². The van der Waals surface area contributed by atoms with Gasteiger partial charge in [-0.2, -0.15) is 0 Å². The Bertz CT molecular complexity index is 786. The second-order valence-corrected chi connectivity index (χ2v) is 11.2. The molecule has 5 atom stereocenters. The lowest BCUT2D eigenvalue weighted by atomic mass is 9.64. The molecule has 3 saturated carbocycles. The number of benzene rings is 1. The van der Waals surface area contributed by atoms with E-state index in [0.717, 1.165) is 30.6 Å². The zero-order chi connectivity index (χ0) is 21.7. The van der Waals surface area contributed by atoms with E-state index >= 15 is 0 Å². The van der Waals surface area contributed by atoms with E-state index in [-0.39, 0.29) is 17.0 Å². The van der Waals surface area contributed by atoms with Crippen molar-refractivity contribution < 1.29 is 14.3 Å². The molecule has 1 aromatic rings. The summed E-state index contributed by atoms with van der Waals surface area (Å²) in [5.74, 6) is 2.59. The molecule has 3 fully saturated rings. The second-order valence-electron chi connectivity index (χ2n) is 11.2. The fraction of sp³-hybridized carbons (Fsp3) is 0.731. The summed E-state index contributed by atoms with van der Waals surface area (Å²) in [7, 11) is 4.05. The largest absolute Gasteiger partial charge is 0.492 e. The minimum atomic E-state index is -0.378. The molecule has 166 valence electrons. The molecule has 2 bridgehead atoms. The third-order valence-electron chi connectivity index (χ3n) is 8.99. The number of hydrogen-bond acceptors (Lipinski definition) is 4. The molecule has 0 N–H and O–H groups in total. The molecule has 3 aliphatic carbocycles. The second kappa shape index (κ2) is 7.55. The summed E-state index contributed by atoms with van der Waals surface area (Å²) in [5.41, 5.74) is 0.934. The molecule has 0 aromatic heterocycles. The van der Waals surface area contributed by atoms with E-state index in [4.69, 9.17) is 9.47 Å². The van der Waals surface area contributed by atoms with E-state index in [1.54, 1.807) is 0 Å². The maximum absolute atomic E-state index is 13.1. The van der Waals surface area contributed by atoms with Crippen molar-refractivity contribution in [1.82, 2.24) is 4.90 Å². The highest BCUT2D eigenvalue weighted by Crippen LogP contribution is 2.73. The van der Waals surface area contributed by atoms with Crippen LogP contribution in [0.2, 0.25) is 0 Å². The fourth-order valence-electron chi connectivity index (χ4n) is 7.28. The molecule has 30 heavy (non-hydrogen) atoms. The molecule has 0 heterocycles. The van der Waals surface area contributed by atoms with Crippen LogP contribution in [0.3, 0.4) is 0 Å². The van der Waals surface area contributed by atoms with Crippen molar-refractivity contribution in [3.8, 4) is 5.75 Å². The average Bonchev–Trinajstić information content (AvgIpc) is 3.11. The van der Waals surface area contributed by atoms with Gasteiger partial charge in [-0.1, -0.05) is 20.8 Å². The van der Waals surface area contributed by atoms with Crippen LogP contribution in [0.15, 0.2) is 24.3 Å². The maximum Gasteiger partial charge on any atom is 0.338 e. The molecule has 0 saturated heterocycles. The van der Waals surface area contributed by atoms with E-state index in [2.05, 4.69) is 32.6 Å². The smallest absolute Gasteiger partial charge is 0.338 e. The summed E-state index contributed by atoms with van der Waals surface area (Å²) in [6.07, 6.45) is 6.10. The van der Waals surface area contributed by atoms with Gasteiger partial charge in [0.2, 0.25) is 0 Å². The van der Waals surface area contributed by atoms with Crippen LogP contribution in [-0.4, -0.2) is 43.7 Å². The summed E-state index contributed by atoms with van der Waals surface area (Å²) in [4.78, 5) is 15.1. The van der Waals surface area contributed by atoms with Crippen molar-refractivity contribution >= 4 is 5.97 Å². The van der Waals surface area contributed by atoms with Crippen molar-refractivity contribution in [2.24, 2.45) is 28.6 Å². The standard InChI is InChI=1S/C26H39NO3/c1-18-7-12-21-24(2,3)22-17-26(18,21)14-13-25(22,4)30-23(28)19-8-10-20(11-9-19)29-16-15-27(5)6/h8-11,18,21-22H,7,12-17H2,1-6H3/t18-,21+,22-,25-,26+/m1/s1. The number of ether oxygens (including phenoxy) is 2. The number of fused-ring (bicyclic) bond motifs is 1.